The quantitative estimate of drug-likeness (QED) is 0.0341. The predicted octanol–water partition coefficient (Wildman–Crippen LogP) is 12.0. The number of urea groups is 2. The molecule has 0 bridgehead atoms. The van der Waals surface area contributed by atoms with Crippen molar-refractivity contribution in [3.63, 3.8) is 0 Å². The Labute approximate surface area is 540 Å². The second-order valence-corrected chi connectivity index (χ2v) is 22.3. The number of nitrogens with zero attached hydrogens (tertiary/aromatic N) is 9. The van der Waals surface area contributed by atoms with Gasteiger partial charge in [0.25, 0.3) is 5.91 Å². The molecule has 2 saturated heterocycles. The van der Waals surface area contributed by atoms with Gasteiger partial charge >= 0.3 is 30.4 Å². The van der Waals surface area contributed by atoms with Gasteiger partial charge in [0, 0.05) is 144 Å². The zero-order chi connectivity index (χ0) is 68.0. The van der Waals surface area contributed by atoms with Crippen LogP contribution in [-0.2, 0) is 32.0 Å². The van der Waals surface area contributed by atoms with Crippen LogP contribution in [0.4, 0.5) is 108 Å². The summed E-state index contributed by atoms with van der Waals surface area (Å²) in [7, 11) is 7.54. The standard InChI is InChI=1S/C33H35F4N9O2.C32H32F4N8O3/c1-38-30(47)28-18-26(8-5-22(28)20-46-13-11-45(2)12-14-46)41-31-39-10-9-29(44-31)40-19-21-3-6-25(7-4-21)42-32(48)43-27-16-23(33(35,36)37)15-24(34)17-27;1-42-11-13-44(14-12-42)19-20-3-4-24(18-27(20)29(45)46)38-30-37-10-9-28(41-30)43(2)26-7-5-23(6-8-26)39-31(47)40-25-16-21(32(34,35)36)15-22(33)17-25/h3-10,15-18H,11-14,19-20H2,1-2H3,(H,38,47)(H2,42,43,48)(H2,39,40,41,44);3-10,15-18H,11-14,19H2,1-2H3,(H,45,46)(H,37,38,41)(H2,39,40,47). The van der Waals surface area contributed by atoms with Crippen molar-refractivity contribution >= 4 is 87.3 Å². The Hall–Kier alpha value is -10.6. The fourth-order valence-electron chi connectivity index (χ4n) is 10.0. The van der Waals surface area contributed by atoms with Gasteiger partial charge in [-0.25, -0.2) is 33.1 Å². The number of halogens is 8. The van der Waals surface area contributed by atoms with Crippen LogP contribution in [-0.4, -0.2) is 149 Å². The fraction of sp³-hybridized carbons (Fsp3) is 0.262. The van der Waals surface area contributed by atoms with E-state index >= 15 is 0 Å². The molecule has 0 radical (unpaired) electrons. The first-order chi connectivity index (χ1) is 45.3. The van der Waals surface area contributed by atoms with E-state index in [9.17, 15) is 59.4 Å². The maximum atomic E-state index is 13.7. The Bertz CT molecular complexity index is 4000. The van der Waals surface area contributed by atoms with Crippen molar-refractivity contribution in [1.82, 2.24) is 44.9 Å². The minimum absolute atomic E-state index is 0.174. The van der Waals surface area contributed by atoms with Gasteiger partial charge in [0.1, 0.15) is 23.3 Å². The number of hydrogen-bond donors (Lipinski definition) is 9. The third-order valence-electron chi connectivity index (χ3n) is 15.2. The summed E-state index contributed by atoms with van der Waals surface area (Å²) in [6.45, 7) is 9.03. The van der Waals surface area contributed by atoms with Crippen LogP contribution in [0.3, 0.4) is 0 Å². The second-order valence-electron chi connectivity index (χ2n) is 22.3. The number of piperazine rings is 2. The van der Waals surface area contributed by atoms with Gasteiger partial charge in [-0.3, -0.25) is 14.6 Å². The van der Waals surface area contributed by atoms with Crippen LogP contribution >= 0.6 is 0 Å². The highest BCUT2D eigenvalue weighted by atomic mass is 19.4. The zero-order valence-electron chi connectivity index (χ0n) is 51.8. The number of aromatic nitrogens is 4. The number of benzene rings is 6. The smallest absolute Gasteiger partial charge is 0.416 e. The van der Waals surface area contributed by atoms with E-state index in [0.717, 1.165) is 81.2 Å². The Kier molecular flexibility index (Phi) is 22.4. The first kappa shape index (κ1) is 68.8. The van der Waals surface area contributed by atoms with Crippen LogP contribution < -0.4 is 47.4 Å². The third kappa shape index (κ3) is 20.0. The first-order valence-electron chi connectivity index (χ1n) is 29.6. The number of hydrogen-bond acceptors (Lipinski definition) is 16. The van der Waals surface area contributed by atoms with Crippen molar-refractivity contribution in [2.24, 2.45) is 0 Å². The molecule has 30 heteroatoms. The highest BCUT2D eigenvalue weighted by Crippen LogP contribution is 2.34. The van der Waals surface area contributed by atoms with Crippen molar-refractivity contribution in [3.05, 3.63) is 196 Å². The highest BCUT2D eigenvalue weighted by molar-refractivity contribution is 6.01. The molecule has 0 unspecified atom stereocenters. The molecule has 10 rings (SSSR count). The normalized spacial score (nSPS) is 13.9. The molecular weight excluding hydrogens is 1250 g/mol. The summed E-state index contributed by atoms with van der Waals surface area (Å²) in [6, 6.07) is 29.3. The van der Waals surface area contributed by atoms with E-state index < -0.39 is 53.1 Å². The topological polar surface area (TPSA) is 253 Å². The number of carbonyl (C=O) groups excluding carboxylic acids is 3. The van der Waals surface area contributed by atoms with Gasteiger partial charge in [-0.15, -0.1) is 0 Å². The minimum Gasteiger partial charge on any atom is -0.478 e. The Morgan fingerprint density at radius 3 is 1.45 bits per heavy atom. The largest absolute Gasteiger partial charge is 0.478 e. The molecule has 2 aliphatic rings. The van der Waals surface area contributed by atoms with Crippen molar-refractivity contribution < 1.29 is 59.4 Å². The molecule has 8 aromatic rings. The molecule has 5 amide bonds. The van der Waals surface area contributed by atoms with Crippen LogP contribution in [0.1, 0.15) is 48.5 Å². The van der Waals surface area contributed by atoms with Gasteiger partial charge in [0.05, 0.1) is 16.7 Å². The lowest BCUT2D eigenvalue weighted by Gasteiger charge is -2.32. The van der Waals surface area contributed by atoms with Gasteiger partial charge in [0.2, 0.25) is 11.9 Å². The lowest BCUT2D eigenvalue weighted by atomic mass is 10.0. The SMILES string of the molecule is CN1CCN(Cc2ccc(Nc3nccc(N(C)c4ccc(NC(=O)Nc5cc(F)cc(C(F)(F)F)c5)cc4)n3)cc2C(=O)O)CC1.CNC(=O)c1cc(Nc2nccc(NCc3ccc(NC(=O)Nc4cc(F)cc(C(F)(F)F)c4)cc3)n2)ccc1CN1CCN(C)CC1. The number of carboxylic acid groups (broad SMARTS) is 1. The third-order valence-corrected chi connectivity index (χ3v) is 15.2. The Morgan fingerprint density at radius 2 is 0.968 bits per heavy atom. The molecule has 0 saturated carbocycles. The summed E-state index contributed by atoms with van der Waals surface area (Å²) >= 11 is 0. The van der Waals surface area contributed by atoms with Crippen LogP contribution in [0.5, 0.6) is 0 Å². The van der Waals surface area contributed by atoms with Gasteiger partial charge in [0.15, 0.2) is 0 Å². The average Bonchev–Trinajstić information content (AvgIpc) is 0.893. The number of carboxylic acids is 1. The number of aromatic carboxylic acids is 1. The molecule has 2 fully saturated rings. The monoisotopic (exact) mass is 1320 g/mol. The number of carbonyl (C=O) groups is 4. The van der Waals surface area contributed by atoms with Gasteiger partial charge in [-0.05, 0) is 140 Å². The van der Waals surface area contributed by atoms with Gasteiger partial charge in [-0.1, -0.05) is 24.3 Å². The van der Waals surface area contributed by atoms with Crippen LogP contribution in [0.25, 0.3) is 0 Å². The first-order valence-corrected chi connectivity index (χ1v) is 29.6. The summed E-state index contributed by atoms with van der Waals surface area (Å²) in [5.74, 6) is -1.81. The Morgan fingerprint density at radius 1 is 0.526 bits per heavy atom. The van der Waals surface area contributed by atoms with E-state index in [-0.39, 0.29) is 28.8 Å². The van der Waals surface area contributed by atoms with E-state index in [0.29, 0.717) is 95.5 Å². The van der Waals surface area contributed by atoms with Crippen LogP contribution in [0, 0.1) is 11.6 Å². The van der Waals surface area contributed by atoms with E-state index in [1.807, 2.05) is 12.1 Å². The summed E-state index contributed by atoms with van der Waals surface area (Å²) in [5, 5.41) is 31.5. The van der Waals surface area contributed by atoms with Crippen molar-refractivity contribution in [3.8, 4) is 0 Å². The lowest BCUT2D eigenvalue weighted by molar-refractivity contribution is -0.138. The number of likely N-dealkylation sites (N-methyl/N-ethyl adjacent to an activating group) is 2. The van der Waals surface area contributed by atoms with Crippen molar-refractivity contribution in [2.75, 3.05) is 123 Å². The number of alkyl halides is 6. The molecule has 0 spiro atoms. The van der Waals surface area contributed by atoms with Crippen molar-refractivity contribution in [2.45, 2.75) is 32.0 Å². The molecule has 6 aromatic carbocycles. The lowest BCUT2D eigenvalue weighted by Crippen LogP contribution is -2.44. The molecule has 0 atom stereocenters. The van der Waals surface area contributed by atoms with Gasteiger partial charge < -0.3 is 62.3 Å². The number of rotatable bonds is 19. The van der Waals surface area contributed by atoms with Crippen molar-refractivity contribution in [1.29, 1.82) is 0 Å². The number of nitrogens with one attached hydrogen (secondary N) is 8. The fourth-order valence-corrected chi connectivity index (χ4v) is 10.0. The molecule has 95 heavy (non-hydrogen) atoms. The van der Waals surface area contributed by atoms with E-state index in [2.05, 4.69) is 96.2 Å². The van der Waals surface area contributed by atoms with Crippen LogP contribution in [0.2, 0.25) is 0 Å². The number of anilines is 11. The second kappa shape index (κ2) is 30.9. The zero-order valence-corrected chi connectivity index (χ0v) is 51.8. The van der Waals surface area contributed by atoms with Crippen LogP contribution in [0.15, 0.2) is 146 Å². The van der Waals surface area contributed by atoms with E-state index in [1.165, 1.54) is 0 Å². The molecule has 22 nitrogen and oxygen atoms in total. The summed E-state index contributed by atoms with van der Waals surface area (Å²) in [5.41, 5.74) is 2.77. The molecule has 2 aliphatic heterocycles. The highest BCUT2D eigenvalue weighted by Gasteiger charge is 2.33. The Balaban J connectivity index is 0.000000223. The average molecular weight is 1320 g/mol. The molecule has 2 aromatic heterocycles. The molecule has 498 valence electrons. The maximum absolute atomic E-state index is 13.7. The maximum Gasteiger partial charge on any atom is 0.416 e. The van der Waals surface area contributed by atoms with E-state index in [4.69, 9.17) is 0 Å². The van der Waals surface area contributed by atoms with Gasteiger partial charge in [-0.2, -0.15) is 36.3 Å². The molecule has 9 N–H and O–H groups in total. The molecule has 0 aliphatic carbocycles. The summed E-state index contributed by atoms with van der Waals surface area (Å²) in [4.78, 5) is 77.9. The molecule has 4 heterocycles. The predicted molar refractivity (Wildman–Crippen MR) is 346 cm³/mol. The molecular formula is C65H67F8N17O5. The summed E-state index contributed by atoms with van der Waals surface area (Å²) < 4.78 is 105. The minimum atomic E-state index is -4.77. The van der Waals surface area contributed by atoms with E-state index in [1.54, 1.807) is 116 Å². The number of amides is 5. The summed E-state index contributed by atoms with van der Waals surface area (Å²) in [6.07, 6.45) is -6.37.